The van der Waals surface area contributed by atoms with E-state index in [2.05, 4.69) is 10.6 Å². The quantitative estimate of drug-likeness (QED) is 0.790. The second kappa shape index (κ2) is 7.47. The van der Waals surface area contributed by atoms with Gasteiger partial charge < -0.3 is 15.7 Å². The van der Waals surface area contributed by atoms with Gasteiger partial charge in [-0.1, -0.05) is 41.9 Å². The molecule has 0 unspecified atom stereocenters. The molecule has 0 bridgehead atoms. The molecule has 5 nitrogen and oxygen atoms in total. The fourth-order valence-electron chi connectivity index (χ4n) is 1.93. The molecule has 2 aromatic carbocycles. The van der Waals surface area contributed by atoms with Crippen molar-refractivity contribution in [3.63, 3.8) is 0 Å². The molecule has 0 saturated heterocycles. The highest BCUT2D eigenvalue weighted by Gasteiger charge is 2.12. The van der Waals surface area contributed by atoms with Gasteiger partial charge in [0.1, 0.15) is 0 Å². The normalized spacial score (nSPS) is 10.0. The smallest absolute Gasteiger partial charge is 0.337 e. The Morgan fingerprint density at radius 2 is 1.82 bits per heavy atom. The van der Waals surface area contributed by atoms with Crippen LogP contribution in [0.5, 0.6) is 0 Å². The van der Waals surface area contributed by atoms with Gasteiger partial charge in [0.25, 0.3) is 0 Å². The van der Waals surface area contributed by atoms with Crippen LogP contribution < -0.4 is 10.6 Å². The zero-order valence-electron chi connectivity index (χ0n) is 11.7. The zero-order valence-corrected chi connectivity index (χ0v) is 12.4. The molecule has 0 fully saturated rings. The van der Waals surface area contributed by atoms with E-state index < -0.39 is 12.0 Å². The van der Waals surface area contributed by atoms with Crippen molar-refractivity contribution in [3.8, 4) is 0 Å². The van der Waals surface area contributed by atoms with Crippen molar-refractivity contribution in [1.29, 1.82) is 0 Å². The third-order valence-electron chi connectivity index (χ3n) is 3.00. The van der Waals surface area contributed by atoms with Gasteiger partial charge in [-0.25, -0.2) is 9.59 Å². The number of carboxylic acid groups (broad SMARTS) is 1. The van der Waals surface area contributed by atoms with Crippen molar-refractivity contribution in [3.05, 3.63) is 64.7 Å². The summed E-state index contributed by atoms with van der Waals surface area (Å²) in [6, 6.07) is 13.6. The first-order valence-electron chi connectivity index (χ1n) is 6.68. The SMILES string of the molecule is O=C(NCCc1ccccc1)Nc1ccc(Cl)cc1C(=O)O. The summed E-state index contributed by atoms with van der Waals surface area (Å²) < 4.78 is 0. The van der Waals surface area contributed by atoms with E-state index in [1.165, 1.54) is 18.2 Å². The number of amides is 2. The molecule has 0 aliphatic rings. The molecule has 3 N–H and O–H groups in total. The molecule has 2 amide bonds. The molecule has 2 aromatic rings. The van der Waals surface area contributed by atoms with Gasteiger partial charge in [-0.05, 0) is 30.2 Å². The Kier molecular flexibility index (Phi) is 5.38. The number of nitrogens with one attached hydrogen (secondary N) is 2. The lowest BCUT2D eigenvalue weighted by Crippen LogP contribution is -2.31. The van der Waals surface area contributed by atoms with E-state index in [4.69, 9.17) is 16.7 Å². The Labute approximate surface area is 132 Å². The van der Waals surface area contributed by atoms with Crippen LogP contribution in [0.4, 0.5) is 10.5 Å². The number of hydrogen-bond acceptors (Lipinski definition) is 2. The van der Waals surface area contributed by atoms with Gasteiger partial charge in [0.05, 0.1) is 11.3 Å². The first kappa shape index (κ1) is 15.9. The standard InChI is InChI=1S/C16H15ClN2O3/c17-12-6-7-14(13(10-12)15(20)21)19-16(22)18-9-8-11-4-2-1-3-5-11/h1-7,10H,8-9H2,(H,20,21)(H2,18,19,22). The number of hydrogen-bond donors (Lipinski definition) is 3. The topological polar surface area (TPSA) is 78.4 Å². The molecule has 0 heterocycles. The molecule has 0 saturated carbocycles. The van der Waals surface area contributed by atoms with Crippen LogP contribution in [-0.2, 0) is 6.42 Å². The lowest BCUT2D eigenvalue weighted by molar-refractivity contribution is 0.0698. The number of anilines is 1. The predicted octanol–water partition coefficient (Wildman–Crippen LogP) is 3.40. The summed E-state index contributed by atoms with van der Waals surface area (Å²) in [5, 5.41) is 14.6. The lowest BCUT2D eigenvalue weighted by Gasteiger charge is -2.10. The molecule has 0 spiro atoms. The van der Waals surface area contributed by atoms with Crippen molar-refractivity contribution in [2.75, 3.05) is 11.9 Å². The van der Waals surface area contributed by atoms with Gasteiger partial charge in [-0.3, -0.25) is 0 Å². The summed E-state index contributed by atoms with van der Waals surface area (Å²) in [4.78, 5) is 22.9. The maximum atomic E-state index is 11.8. The number of carbonyl (C=O) groups excluding carboxylic acids is 1. The van der Waals surface area contributed by atoms with Crippen LogP contribution in [0.1, 0.15) is 15.9 Å². The van der Waals surface area contributed by atoms with Crippen molar-refractivity contribution < 1.29 is 14.7 Å². The first-order chi connectivity index (χ1) is 10.6. The van der Waals surface area contributed by atoms with E-state index in [9.17, 15) is 9.59 Å². The number of urea groups is 1. The molecule has 0 aliphatic heterocycles. The van der Waals surface area contributed by atoms with E-state index in [0.29, 0.717) is 18.0 Å². The van der Waals surface area contributed by atoms with E-state index in [1.54, 1.807) is 0 Å². The second-order valence-electron chi connectivity index (χ2n) is 4.61. The Bertz CT molecular complexity index is 674. The number of carbonyl (C=O) groups is 2. The summed E-state index contributed by atoms with van der Waals surface area (Å²) in [6.07, 6.45) is 0.695. The number of rotatable bonds is 5. The molecule has 114 valence electrons. The maximum absolute atomic E-state index is 11.8. The lowest BCUT2D eigenvalue weighted by atomic mass is 10.1. The molecular formula is C16H15ClN2O3. The van der Waals surface area contributed by atoms with Gasteiger partial charge in [0.2, 0.25) is 0 Å². The van der Waals surface area contributed by atoms with Gasteiger partial charge in [-0.15, -0.1) is 0 Å². The van der Waals surface area contributed by atoms with E-state index in [0.717, 1.165) is 5.56 Å². The fraction of sp³-hybridized carbons (Fsp3) is 0.125. The van der Waals surface area contributed by atoms with E-state index >= 15 is 0 Å². The molecule has 0 atom stereocenters. The van der Waals surface area contributed by atoms with Gasteiger partial charge in [0, 0.05) is 11.6 Å². The van der Waals surface area contributed by atoms with Crippen LogP contribution in [0.15, 0.2) is 48.5 Å². The Morgan fingerprint density at radius 1 is 1.09 bits per heavy atom. The third-order valence-corrected chi connectivity index (χ3v) is 3.24. The minimum absolute atomic E-state index is 0.0503. The zero-order chi connectivity index (χ0) is 15.9. The Hall–Kier alpha value is -2.53. The van der Waals surface area contributed by atoms with Gasteiger partial charge >= 0.3 is 12.0 Å². The molecule has 22 heavy (non-hydrogen) atoms. The summed E-state index contributed by atoms with van der Waals surface area (Å²) in [7, 11) is 0. The average molecular weight is 319 g/mol. The maximum Gasteiger partial charge on any atom is 0.337 e. The molecule has 0 radical (unpaired) electrons. The van der Waals surface area contributed by atoms with Crippen molar-refractivity contribution in [1.82, 2.24) is 5.32 Å². The highest BCUT2D eigenvalue weighted by Crippen LogP contribution is 2.20. The van der Waals surface area contributed by atoms with Crippen LogP contribution >= 0.6 is 11.6 Å². The van der Waals surface area contributed by atoms with Crippen LogP contribution in [-0.4, -0.2) is 23.7 Å². The summed E-state index contributed by atoms with van der Waals surface area (Å²) >= 11 is 5.76. The Balaban J connectivity index is 1.91. The highest BCUT2D eigenvalue weighted by molar-refractivity contribution is 6.31. The van der Waals surface area contributed by atoms with E-state index in [1.807, 2.05) is 30.3 Å². The average Bonchev–Trinajstić information content (AvgIpc) is 2.50. The summed E-state index contributed by atoms with van der Waals surface area (Å²) in [6.45, 7) is 0.450. The molecular weight excluding hydrogens is 304 g/mol. The van der Waals surface area contributed by atoms with Crippen molar-refractivity contribution in [2.24, 2.45) is 0 Å². The monoisotopic (exact) mass is 318 g/mol. The molecule has 0 aliphatic carbocycles. The van der Waals surface area contributed by atoms with Crippen LogP contribution in [0.2, 0.25) is 5.02 Å². The largest absolute Gasteiger partial charge is 0.478 e. The number of benzene rings is 2. The molecule has 6 heteroatoms. The number of halogens is 1. The molecule has 0 aromatic heterocycles. The van der Waals surface area contributed by atoms with Crippen LogP contribution in [0, 0.1) is 0 Å². The number of carboxylic acids is 1. The summed E-state index contributed by atoms with van der Waals surface area (Å²) in [5.41, 5.74) is 1.26. The van der Waals surface area contributed by atoms with E-state index in [-0.39, 0.29) is 11.3 Å². The highest BCUT2D eigenvalue weighted by atomic mass is 35.5. The summed E-state index contributed by atoms with van der Waals surface area (Å²) in [5.74, 6) is -1.15. The van der Waals surface area contributed by atoms with Crippen LogP contribution in [0.25, 0.3) is 0 Å². The third kappa shape index (κ3) is 4.49. The second-order valence-corrected chi connectivity index (χ2v) is 5.05. The fourth-order valence-corrected chi connectivity index (χ4v) is 2.11. The van der Waals surface area contributed by atoms with Gasteiger partial charge in [-0.2, -0.15) is 0 Å². The first-order valence-corrected chi connectivity index (χ1v) is 7.05. The van der Waals surface area contributed by atoms with Crippen molar-refractivity contribution in [2.45, 2.75) is 6.42 Å². The van der Waals surface area contributed by atoms with Crippen molar-refractivity contribution >= 4 is 29.3 Å². The number of aromatic carboxylic acids is 1. The molecule has 2 rings (SSSR count). The Morgan fingerprint density at radius 3 is 2.50 bits per heavy atom. The minimum Gasteiger partial charge on any atom is -0.478 e. The predicted molar refractivity (Wildman–Crippen MR) is 85.6 cm³/mol. The van der Waals surface area contributed by atoms with Gasteiger partial charge in [0.15, 0.2) is 0 Å². The van der Waals surface area contributed by atoms with Crippen LogP contribution in [0.3, 0.4) is 0 Å². The minimum atomic E-state index is -1.15.